The molecule has 0 saturated carbocycles. The number of benzene rings is 2. The quantitative estimate of drug-likeness (QED) is 0.857. The average molecular weight is 362 g/mol. The second-order valence-electron chi connectivity index (χ2n) is 5.92. The van der Waals surface area contributed by atoms with Crippen LogP contribution in [0.5, 0.6) is 5.75 Å². The highest BCUT2D eigenvalue weighted by molar-refractivity contribution is 7.92. The third kappa shape index (κ3) is 4.73. The van der Waals surface area contributed by atoms with Crippen LogP contribution in [0.15, 0.2) is 47.4 Å². The first-order valence-electron chi connectivity index (χ1n) is 7.73. The molecule has 0 atom stereocenters. The summed E-state index contributed by atoms with van der Waals surface area (Å²) in [6.07, 6.45) is 0. The molecule has 0 saturated heterocycles. The first-order valence-corrected chi connectivity index (χ1v) is 9.21. The fourth-order valence-corrected chi connectivity index (χ4v) is 3.36. The van der Waals surface area contributed by atoms with Crippen molar-refractivity contribution in [2.75, 3.05) is 25.4 Å². The van der Waals surface area contributed by atoms with E-state index in [2.05, 4.69) is 4.72 Å². The maximum atomic E-state index is 12.6. The molecule has 1 N–H and O–H groups in total. The van der Waals surface area contributed by atoms with Gasteiger partial charge in [-0.2, -0.15) is 0 Å². The number of carbonyl (C=O) groups excluding carboxylic acids is 1. The van der Waals surface area contributed by atoms with E-state index in [4.69, 9.17) is 4.74 Å². The first kappa shape index (κ1) is 18.8. The van der Waals surface area contributed by atoms with Gasteiger partial charge in [0, 0.05) is 14.1 Å². The topological polar surface area (TPSA) is 75.7 Å². The molecule has 0 heterocycles. The van der Waals surface area contributed by atoms with Crippen molar-refractivity contribution in [3.05, 3.63) is 53.6 Å². The zero-order valence-electron chi connectivity index (χ0n) is 14.7. The molecule has 134 valence electrons. The van der Waals surface area contributed by atoms with Gasteiger partial charge in [-0.1, -0.05) is 18.2 Å². The summed E-state index contributed by atoms with van der Waals surface area (Å²) in [7, 11) is -0.422. The van der Waals surface area contributed by atoms with Crippen LogP contribution in [0.3, 0.4) is 0 Å². The summed E-state index contributed by atoms with van der Waals surface area (Å²) >= 11 is 0. The predicted octanol–water partition coefficient (Wildman–Crippen LogP) is 2.57. The number of hydrogen-bond acceptors (Lipinski definition) is 4. The van der Waals surface area contributed by atoms with Gasteiger partial charge < -0.3 is 9.64 Å². The van der Waals surface area contributed by atoms with E-state index in [-0.39, 0.29) is 17.4 Å². The zero-order chi connectivity index (χ0) is 18.6. The Morgan fingerprint density at radius 1 is 1.04 bits per heavy atom. The molecule has 6 nitrogen and oxygen atoms in total. The number of nitrogens with one attached hydrogen (secondary N) is 1. The van der Waals surface area contributed by atoms with E-state index in [1.165, 1.54) is 29.2 Å². The van der Waals surface area contributed by atoms with Gasteiger partial charge in [-0.25, -0.2) is 8.42 Å². The molecule has 0 radical (unpaired) electrons. The van der Waals surface area contributed by atoms with Crippen molar-refractivity contribution < 1.29 is 17.9 Å². The maximum absolute atomic E-state index is 12.6. The number of anilines is 1. The highest BCUT2D eigenvalue weighted by Crippen LogP contribution is 2.24. The number of carbonyl (C=O) groups is 1. The minimum atomic E-state index is -3.70. The monoisotopic (exact) mass is 362 g/mol. The number of hydrogen-bond donors (Lipinski definition) is 1. The highest BCUT2D eigenvalue weighted by Gasteiger charge is 2.16. The lowest BCUT2D eigenvalue weighted by molar-refractivity contribution is -0.130. The molecular formula is C18H22N2O4S. The Labute approximate surface area is 148 Å². The van der Waals surface area contributed by atoms with Gasteiger partial charge in [0.25, 0.3) is 15.9 Å². The standard InChI is InChI=1S/C18H22N2O4S/c1-13-6-5-7-14(2)18(13)19-25(22,23)16-10-8-15(9-11-16)24-12-17(21)20(3)4/h5-11,19H,12H2,1-4H3. The normalized spacial score (nSPS) is 11.0. The first-order chi connectivity index (χ1) is 11.7. The van der Waals surface area contributed by atoms with E-state index in [1.807, 2.05) is 32.0 Å². The highest BCUT2D eigenvalue weighted by atomic mass is 32.2. The number of rotatable bonds is 6. The number of likely N-dealkylation sites (N-methyl/N-ethyl adjacent to an activating group) is 1. The van der Waals surface area contributed by atoms with E-state index in [9.17, 15) is 13.2 Å². The number of sulfonamides is 1. The Hall–Kier alpha value is -2.54. The second kappa shape index (κ2) is 7.57. The minimum absolute atomic E-state index is 0.0975. The molecule has 0 spiro atoms. The molecule has 7 heteroatoms. The van der Waals surface area contributed by atoms with Gasteiger partial charge in [0.1, 0.15) is 5.75 Å². The molecular weight excluding hydrogens is 340 g/mol. The summed E-state index contributed by atoms with van der Waals surface area (Å²) in [4.78, 5) is 13.1. The van der Waals surface area contributed by atoms with Gasteiger partial charge in [-0.15, -0.1) is 0 Å². The van der Waals surface area contributed by atoms with Crippen molar-refractivity contribution >= 4 is 21.6 Å². The van der Waals surface area contributed by atoms with E-state index in [1.54, 1.807) is 14.1 Å². The third-order valence-electron chi connectivity index (χ3n) is 3.71. The summed E-state index contributed by atoms with van der Waals surface area (Å²) in [5.74, 6) is 0.259. The summed E-state index contributed by atoms with van der Waals surface area (Å²) in [5, 5.41) is 0. The summed E-state index contributed by atoms with van der Waals surface area (Å²) in [5.41, 5.74) is 2.29. The van der Waals surface area contributed by atoms with Gasteiger partial charge >= 0.3 is 0 Å². The van der Waals surface area contributed by atoms with Crippen molar-refractivity contribution in [1.29, 1.82) is 0 Å². The van der Waals surface area contributed by atoms with Crippen LogP contribution < -0.4 is 9.46 Å². The molecule has 0 unspecified atom stereocenters. The largest absolute Gasteiger partial charge is 0.484 e. The van der Waals surface area contributed by atoms with Crippen molar-refractivity contribution in [2.45, 2.75) is 18.7 Å². The van der Waals surface area contributed by atoms with Gasteiger partial charge in [-0.05, 0) is 49.2 Å². The number of amides is 1. The Bertz CT molecular complexity index is 839. The fourth-order valence-electron chi connectivity index (χ4n) is 2.16. The van der Waals surface area contributed by atoms with E-state index >= 15 is 0 Å². The van der Waals surface area contributed by atoms with Crippen LogP contribution in [0, 0.1) is 13.8 Å². The van der Waals surface area contributed by atoms with Gasteiger partial charge in [0.05, 0.1) is 10.6 Å². The lowest BCUT2D eigenvalue weighted by atomic mass is 10.1. The average Bonchev–Trinajstić information content (AvgIpc) is 2.56. The molecule has 0 aliphatic carbocycles. The van der Waals surface area contributed by atoms with Crippen LogP contribution in [-0.4, -0.2) is 39.9 Å². The van der Waals surface area contributed by atoms with Crippen LogP contribution >= 0.6 is 0 Å². The van der Waals surface area contributed by atoms with Crippen molar-refractivity contribution in [2.24, 2.45) is 0 Å². The number of ether oxygens (including phenoxy) is 1. The molecule has 1 amide bonds. The van der Waals surface area contributed by atoms with Gasteiger partial charge in [0.15, 0.2) is 6.61 Å². The van der Waals surface area contributed by atoms with Crippen LogP contribution in [-0.2, 0) is 14.8 Å². The summed E-state index contributed by atoms with van der Waals surface area (Å²) in [6, 6.07) is 11.5. The number of aryl methyl sites for hydroxylation is 2. The molecule has 0 aliphatic rings. The molecule has 0 aromatic heterocycles. The molecule has 2 aromatic carbocycles. The molecule has 0 fully saturated rings. The van der Waals surface area contributed by atoms with Crippen LogP contribution in [0.1, 0.15) is 11.1 Å². The number of nitrogens with zero attached hydrogens (tertiary/aromatic N) is 1. The van der Waals surface area contributed by atoms with Crippen molar-refractivity contribution in [3.63, 3.8) is 0 Å². The summed E-state index contributed by atoms with van der Waals surface area (Å²) in [6.45, 7) is 3.60. The Kier molecular flexibility index (Phi) is 5.69. The maximum Gasteiger partial charge on any atom is 0.261 e. The Balaban J connectivity index is 2.14. The van der Waals surface area contributed by atoms with Crippen LogP contribution in [0.25, 0.3) is 0 Å². The molecule has 2 aromatic rings. The Morgan fingerprint density at radius 2 is 1.60 bits per heavy atom. The van der Waals surface area contributed by atoms with Crippen molar-refractivity contribution in [1.82, 2.24) is 4.90 Å². The Morgan fingerprint density at radius 3 is 2.12 bits per heavy atom. The third-order valence-corrected chi connectivity index (χ3v) is 5.08. The molecule has 0 aliphatic heterocycles. The lowest BCUT2D eigenvalue weighted by Crippen LogP contribution is -2.27. The van der Waals surface area contributed by atoms with E-state index in [0.29, 0.717) is 11.4 Å². The smallest absolute Gasteiger partial charge is 0.261 e. The fraction of sp³-hybridized carbons (Fsp3) is 0.278. The van der Waals surface area contributed by atoms with Crippen molar-refractivity contribution in [3.8, 4) is 5.75 Å². The molecule has 0 bridgehead atoms. The zero-order valence-corrected chi connectivity index (χ0v) is 15.6. The lowest BCUT2D eigenvalue weighted by Gasteiger charge is -2.14. The van der Waals surface area contributed by atoms with Crippen LogP contribution in [0.2, 0.25) is 0 Å². The molecule has 25 heavy (non-hydrogen) atoms. The minimum Gasteiger partial charge on any atom is -0.484 e. The number of para-hydroxylation sites is 1. The van der Waals surface area contributed by atoms with E-state index in [0.717, 1.165) is 11.1 Å². The SMILES string of the molecule is Cc1cccc(C)c1NS(=O)(=O)c1ccc(OCC(=O)N(C)C)cc1. The summed E-state index contributed by atoms with van der Waals surface area (Å²) < 4.78 is 33.1. The van der Waals surface area contributed by atoms with Crippen LogP contribution in [0.4, 0.5) is 5.69 Å². The van der Waals surface area contributed by atoms with Gasteiger partial charge in [0.2, 0.25) is 0 Å². The van der Waals surface area contributed by atoms with Gasteiger partial charge in [-0.3, -0.25) is 9.52 Å². The molecule has 2 rings (SSSR count). The second-order valence-corrected chi connectivity index (χ2v) is 7.60. The van der Waals surface area contributed by atoms with E-state index < -0.39 is 10.0 Å². The predicted molar refractivity (Wildman–Crippen MR) is 97.4 cm³/mol.